The fourth-order valence-corrected chi connectivity index (χ4v) is 4.41. The molecule has 1 aliphatic carbocycles. The van der Waals surface area contributed by atoms with Crippen LogP contribution in [0.3, 0.4) is 0 Å². The van der Waals surface area contributed by atoms with Crippen LogP contribution in [-0.2, 0) is 12.8 Å². The predicted octanol–water partition coefficient (Wildman–Crippen LogP) is 1.03. The Hall–Kier alpha value is -1.95. The molecule has 0 fully saturated rings. The maximum Gasteiger partial charge on any atom is 1.00 e. The number of benzene rings is 3. The number of carbonyl (C=O) groups excluding carboxylic acids is 1. The quantitative estimate of drug-likeness (QED) is 0.527. The summed E-state index contributed by atoms with van der Waals surface area (Å²) in [6, 6.07) is 21.9. The molecular formula is C28H30NNaO3. The second-order valence-electron chi connectivity index (χ2n) is 9.03. The van der Waals surface area contributed by atoms with Crippen LogP contribution in [0.5, 0.6) is 0 Å². The molecule has 0 amide bonds. The number of hydrogen-bond acceptors (Lipinski definition) is 4. The summed E-state index contributed by atoms with van der Waals surface area (Å²) in [7, 11) is 0. The summed E-state index contributed by atoms with van der Waals surface area (Å²) in [5.74, 6) is -0.674. The number of fused-ring (bicyclic) bond motifs is 1. The monoisotopic (exact) mass is 451 g/mol. The Morgan fingerprint density at radius 1 is 0.970 bits per heavy atom. The van der Waals surface area contributed by atoms with Gasteiger partial charge in [0.2, 0.25) is 0 Å². The van der Waals surface area contributed by atoms with Gasteiger partial charge in [0.1, 0.15) is 0 Å². The summed E-state index contributed by atoms with van der Waals surface area (Å²) in [5, 5.41) is 25.2. The van der Waals surface area contributed by atoms with Crippen molar-refractivity contribution in [3.63, 3.8) is 0 Å². The van der Waals surface area contributed by atoms with Crippen molar-refractivity contribution in [2.24, 2.45) is 0 Å². The van der Waals surface area contributed by atoms with E-state index < -0.39 is 12.1 Å². The van der Waals surface area contributed by atoms with E-state index >= 15 is 0 Å². The van der Waals surface area contributed by atoms with E-state index in [2.05, 4.69) is 49.5 Å². The number of nitrogens with one attached hydrogen (secondary N) is 1. The molecule has 5 heteroatoms. The summed E-state index contributed by atoms with van der Waals surface area (Å²) in [6.45, 7) is 4.87. The summed E-state index contributed by atoms with van der Waals surface area (Å²) in [6.07, 6.45) is 2.45. The Kier molecular flexibility index (Phi) is 8.91. The number of carboxylic acids is 1. The number of carboxylic acid groups (broad SMARTS) is 1. The van der Waals surface area contributed by atoms with Crippen LogP contribution >= 0.6 is 0 Å². The third kappa shape index (κ3) is 6.34. The van der Waals surface area contributed by atoms with Gasteiger partial charge in [-0.05, 0) is 64.1 Å². The molecule has 0 saturated carbocycles. The van der Waals surface area contributed by atoms with Crippen LogP contribution in [0.25, 0.3) is 11.1 Å². The van der Waals surface area contributed by atoms with Crippen LogP contribution in [0, 0.1) is 0 Å². The molecule has 0 spiro atoms. The number of carbonyl (C=O) groups is 1. The second-order valence-corrected chi connectivity index (χ2v) is 9.03. The van der Waals surface area contributed by atoms with Gasteiger partial charge in [-0.15, -0.1) is 0 Å². The zero-order valence-corrected chi connectivity index (χ0v) is 21.7. The maximum absolute atomic E-state index is 11.0. The van der Waals surface area contributed by atoms with Crippen molar-refractivity contribution in [1.82, 2.24) is 5.32 Å². The molecule has 0 aromatic heterocycles. The largest absolute Gasteiger partial charge is 1.00 e. The number of aromatic carboxylic acids is 1. The smallest absolute Gasteiger partial charge is 0.545 e. The molecule has 2 N–H and O–H groups in total. The van der Waals surface area contributed by atoms with E-state index in [1.54, 1.807) is 12.1 Å². The third-order valence-corrected chi connectivity index (χ3v) is 6.48. The molecule has 3 aromatic carbocycles. The van der Waals surface area contributed by atoms with Gasteiger partial charge in [-0.25, -0.2) is 0 Å². The Bertz CT molecular complexity index is 1080. The van der Waals surface area contributed by atoms with Crippen LogP contribution in [0.15, 0.2) is 66.7 Å². The minimum Gasteiger partial charge on any atom is -0.545 e. The molecule has 0 unspecified atom stereocenters. The fourth-order valence-electron chi connectivity index (χ4n) is 4.41. The Labute approximate surface area is 218 Å². The topological polar surface area (TPSA) is 72.4 Å². The molecular weight excluding hydrogens is 421 g/mol. The first-order valence-corrected chi connectivity index (χ1v) is 11.4. The maximum atomic E-state index is 11.0. The average molecular weight is 452 g/mol. The predicted molar refractivity (Wildman–Crippen MR) is 126 cm³/mol. The summed E-state index contributed by atoms with van der Waals surface area (Å²) < 4.78 is 0. The second kappa shape index (κ2) is 11.5. The molecule has 166 valence electrons. The molecule has 3 aromatic rings. The molecule has 0 bridgehead atoms. The van der Waals surface area contributed by atoms with Crippen molar-refractivity contribution < 1.29 is 44.6 Å². The number of aliphatic hydroxyl groups is 1. The number of aryl methyl sites for hydroxylation is 1. The first-order valence-electron chi connectivity index (χ1n) is 11.4. The van der Waals surface area contributed by atoms with Gasteiger partial charge in [0.15, 0.2) is 0 Å². The van der Waals surface area contributed by atoms with Gasteiger partial charge in [0, 0.05) is 12.6 Å². The number of rotatable bonds is 7. The van der Waals surface area contributed by atoms with Gasteiger partial charge in [-0.3, -0.25) is 0 Å². The van der Waals surface area contributed by atoms with Crippen molar-refractivity contribution in [3.8, 4) is 11.1 Å². The van der Waals surface area contributed by atoms with Crippen molar-refractivity contribution in [2.75, 3.05) is 6.54 Å². The molecule has 4 rings (SSSR count). The van der Waals surface area contributed by atoms with Gasteiger partial charge < -0.3 is 20.3 Å². The summed E-state index contributed by atoms with van der Waals surface area (Å²) >= 11 is 0. The molecule has 4 nitrogen and oxygen atoms in total. The van der Waals surface area contributed by atoms with E-state index in [-0.39, 0.29) is 35.1 Å². The van der Waals surface area contributed by atoms with E-state index in [1.165, 1.54) is 16.7 Å². The van der Waals surface area contributed by atoms with Crippen LogP contribution in [-0.4, -0.2) is 23.7 Å². The zero-order valence-electron chi connectivity index (χ0n) is 19.7. The standard InChI is InChI=1S/C28H31NO3.Na/c1-18(2)19-3-8-22(9-4-19)27(30)17-29-26-14-13-21-7-12-24(15-25(21)16-26)20-5-10-23(11-6-20)28(31)32;/h3-12,15,18,26-27,29-30H,13-14,16-17H2,1-2H3,(H,31,32);/q;+1/p-1/t26-,27-;/m0./s1. The summed E-state index contributed by atoms with van der Waals surface area (Å²) in [4.78, 5) is 11.0. The normalized spacial score (nSPS) is 16.1. The SMILES string of the molecule is CC(C)c1ccc([C@@H](O)CN[C@H]2CCc3ccc(-c4ccc(C(=O)[O-])cc4)cc3C2)cc1.[Na+]. The van der Waals surface area contributed by atoms with Gasteiger partial charge in [0.25, 0.3) is 0 Å². The molecule has 2 atom stereocenters. The molecule has 0 radical (unpaired) electrons. The van der Waals surface area contributed by atoms with Crippen molar-refractivity contribution >= 4 is 5.97 Å². The Morgan fingerprint density at radius 2 is 1.61 bits per heavy atom. The van der Waals surface area contributed by atoms with Crippen molar-refractivity contribution in [1.29, 1.82) is 0 Å². The van der Waals surface area contributed by atoms with E-state index in [0.717, 1.165) is 36.0 Å². The first kappa shape index (κ1) is 25.7. The van der Waals surface area contributed by atoms with E-state index in [1.807, 2.05) is 24.3 Å². The minimum absolute atomic E-state index is 0. The zero-order chi connectivity index (χ0) is 22.7. The average Bonchev–Trinajstić information content (AvgIpc) is 2.82. The first-order chi connectivity index (χ1) is 15.4. The van der Waals surface area contributed by atoms with Crippen molar-refractivity contribution in [2.45, 2.75) is 51.2 Å². The number of aliphatic hydroxyl groups excluding tert-OH is 1. The molecule has 0 heterocycles. The Balaban J connectivity index is 0.00000306. The fraction of sp³-hybridized carbons (Fsp3) is 0.321. The van der Waals surface area contributed by atoms with Crippen LogP contribution in [0.2, 0.25) is 0 Å². The molecule has 33 heavy (non-hydrogen) atoms. The van der Waals surface area contributed by atoms with E-state index in [0.29, 0.717) is 18.5 Å². The van der Waals surface area contributed by atoms with E-state index in [9.17, 15) is 15.0 Å². The summed E-state index contributed by atoms with van der Waals surface area (Å²) in [5.41, 5.74) is 7.17. The van der Waals surface area contributed by atoms with Crippen molar-refractivity contribution in [3.05, 3.63) is 94.5 Å². The molecule has 0 aliphatic heterocycles. The number of hydrogen-bond donors (Lipinski definition) is 2. The van der Waals surface area contributed by atoms with Crippen LogP contribution in [0.1, 0.15) is 64.9 Å². The van der Waals surface area contributed by atoms with Crippen LogP contribution < -0.4 is 40.0 Å². The van der Waals surface area contributed by atoms with Gasteiger partial charge in [-0.2, -0.15) is 0 Å². The van der Waals surface area contributed by atoms with Gasteiger partial charge in [-0.1, -0.05) is 80.6 Å². The molecule has 1 aliphatic rings. The third-order valence-electron chi connectivity index (χ3n) is 6.48. The van der Waals surface area contributed by atoms with Crippen LogP contribution in [0.4, 0.5) is 0 Å². The van der Waals surface area contributed by atoms with Gasteiger partial charge >= 0.3 is 29.6 Å². The van der Waals surface area contributed by atoms with Gasteiger partial charge in [0.05, 0.1) is 12.1 Å². The van der Waals surface area contributed by atoms with E-state index in [4.69, 9.17) is 0 Å². The molecule has 0 saturated heterocycles. The Morgan fingerprint density at radius 3 is 2.24 bits per heavy atom. The minimum atomic E-state index is -1.16.